The second-order valence-corrected chi connectivity index (χ2v) is 8.17. The van der Waals surface area contributed by atoms with Crippen molar-refractivity contribution in [2.75, 3.05) is 0 Å². The van der Waals surface area contributed by atoms with Crippen LogP contribution >= 0.6 is 0 Å². The van der Waals surface area contributed by atoms with Gasteiger partial charge in [0.1, 0.15) is 29.6 Å². The Morgan fingerprint density at radius 2 is 1.50 bits per heavy atom. The maximum Gasteiger partial charge on any atom is 0.408 e. The lowest BCUT2D eigenvalue weighted by atomic mass is 10.0. The number of amides is 1. The monoisotopic (exact) mass is 413 g/mol. The van der Waals surface area contributed by atoms with E-state index in [4.69, 9.17) is 14.2 Å². The van der Waals surface area contributed by atoms with Crippen molar-refractivity contribution in [3.05, 3.63) is 66.2 Å². The number of benzene rings is 2. The molecule has 2 aromatic rings. The number of carbonyl (C=O) groups is 2. The third-order valence-electron chi connectivity index (χ3n) is 4.22. The van der Waals surface area contributed by atoms with Crippen LogP contribution < -0.4 is 10.1 Å². The van der Waals surface area contributed by atoms with Crippen LogP contribution in [0.2, 0.25) is 0 Å². The topological polar surface area (TPSA) is 73.9 Å². The quantitative estimate of drug-likeness (QED) is 0.644. The predicted octanol–water partition coefficient (Wildman–Crippen LogP) is 4.52. The first-order valence-electron chi connectivity index (χ1n) is 10.1. The Morgan fingerprint density at radius 1 is 0.933 bits per heavy atom. The van der Waals surface area contributed by atoms with Crippen LogP contribution in [0.4, 0.5) is 4.79 Å². The maximum atomic E-state index is 12.5. The van der Waals surface area contributed by atoms with E-state index in [0.29, 0.717) is 12.2 Å². The van der Waals surface area contributed by atoms with Crippen molar-refractivity contribution in [2.24, 2.45) is 0 Å². The van der Waals surface area contributed by atoms with Gasteiger partial charge in [0.25, 0.3) is 0 Å². The zero-order chi connectivity index (χ0) is 22.1. The molecule has 0 aliphatic heterocycles. The molecular weight excluding hydrogens is 382 g/mol. The summed E-state index contributed by atoms with van der Waals surface area (Å²) in [6.45, 7) is 8.62. The van der Waals surface area contributed by atoms with Crippen molar-refractivity contribution in [3.8, 4) is 5.75 Å². The van der Waals surface area contributed by atoms with Gasteiger partial charge in [0.05, 0.1) is 0 Å². The molecule has 0 aliphatic carbocycles. The summed E-state index contributed by atoms with van der Waals surface area (Å²) in [6, 6.07) is 18.4. The summed E-state index contributed by atoms with van der Waals surface area (Å²) in [5.41, 5.74) is 0.423. The first-order chi connectivity index (χ1) is 14.1. The van der Waals surface area contributed by atoms with Gasteiger partial charge in [-0.25, -0.2) is 9.59 Å². The van der Waals surface area contributed by atoms with Crippen LogP contribution in [-0.2, 0) is 20.7 Å². The molecule has 30 heavy (non-hydrogen) atoms. The van der Waals surface area contributed by atoms with Crippen LogP contribution in [0.5, 0.6) is 5.75 Å². The van der Waals surface area contributed by atoms with Crippen molar-refractivity contribution in [1.29, 1.82) is 0 Å². The van der Waals surface area contributed by atoms with Crippen LogP contribution in [0, 0.1) is 0 Å². The van der Waals surface area contributed by atoms with Gasteiger partial charge in [0, 0.05) is 6.42 Å². The molecule has 0 heterocycles. The number of hydrogen-bond acceptors (Lipinski definition) is 5. The van der Waals surface area contributed by atoms with Gasteiger partial charge in [0.2, 0.25) is 0 Å². The highest BCUT2D eigenvalue weighted by Gasteiger charge is 2.27. The molecule has 162 valence electrons. The Kier molecular flexibility index (Phi) is 8.27. The van der Waals surface area contributed by atoms with E-state index in [-0.39, 0.29) is 0 Å². The number of ether oxygens (including phenoxy) is 3. The van der Waals surface area contributed by atoms with Crippen LogP contribution in [-0.4, -0.2) is 35.9 Å². The zero-order valence-corrected chi connectivity index (χ0v) is 18.3. The normalized spacial score (nSPS) is 14.2. The van der Waals surface area contributed by atoms with Crippen LogP contribution in [0.15, 0.2) is 60.7 Å². The molecule has 0 aliphatic rings. The molecule has 0 aromatic heterocycles. The first kappa shape index (κ1) is 23.3. The largest absolute Gasteiger partial charge is 0.486 e. The lowest BCUT2D eigenvalue weighted by molar-refractivity contribution is -0.154. The second-order valence-electron chi connectivity index (χ2n) is 8.17. The first-order valence-corrected chi connectivity index (χ1v) is 10.1. The van der Waals surface area contributed by atoms with Gasteiger partial charge in [-0.2, -0.15) is 0 Å². The summed E-state index contributed by atoms with van der Waals surface area (Å²) < 4.78 is 16.9. The molecule has 0 bridgehead atoms. The number of alkyl carbamates (subject to hydrolysis) is 1. The Morgan fingerprint density at radius 3 is 2.07 bits per heavy atom. The fraction of sp³-hybridized carbons (Fsp3) is 0.417. The second kappa shape index (κ2) is 10.7. The molecule has 0 fully saturated rings. The molecule has 0 spiro atoms. The number of esters is 1. The summed E-state index contributed by atoms with van der Waals surface area (Å²) in [7, 11) is 0. The third-order valence-corrected chi connectivity index (χ3v) is 4.22. The summed E-state index contributed by atoms with van der Waals surface area (Å²) in [4.78, 5) is 24.4. The Hall–Kier alpha value is -3.02. The van der Waals surface area contributed by atoms with E-state index in [1.165, 1.54) is 0 Å². The highest BCUT2D eigenvalue weighted by Crippen LogP contribution is 2.18. The molecule has 0 radical (unpaired) electrons. The van der Waals surface area contributed by atoms with Gasteiger partial charge < -0.3 is 19.5 Å². The summed E-state index contributed by atoms with van der Waals surface area (Å²) >= 11 is 0. The smallest absolute Gasteiger partial charge is 0.408 e. The highest BCUT2D eigenvalue weighted by molar-refractivity contribution is 5.81. The van der Waals surface area contributed by atoms with Gasteiger partial charge in [-0.1, -0.05) is 48.5 Å². The van der Waals surface area contributed by atoms with Crippen LogP contribution in [0.3, 0.4) is 0 Å². The molecule has 2 aromatic carbocycles. The minimum absolute atomic E-state index is 0.396. The molecule has 1 N–H and O–H groups in total. The SMILES string of the molecule is C[C@H](NC(=O)OC(C)(C)C)C(=O)O[C@@H](C)[C@@H](Cc1ccccc1)Oc1ccccc1. The molecular formula is C24H31NO5. The van der Waals surface area contributed by atoms with Crippen molar-refractivity contribution in [3.63, 3.8) is 0 Å². The third kappa shape index (κ3) is 8.15. The van der Waals surface area contributed by atoms with E-state index in [1.807, 2.05) is 60.7 Å². The summed E-state index contributed by atoms with van der Waals surface area (Å²) in [5.74, 6) is 0.143. The number of nitrogens with one attached hydrogen (secondary N) is 1. The number of carbonyl (C=O) groups excluding carboxylic acids is 2. The fourth-order valence-electron chi connectivity index (χ4n) is 2.73. The van der Waals surface area contributed by atoms with Crippen molar-refractivity contribution >= 4 is 12.1 Å². The van der Waals surface area contributed by atoms with Gasteiger partial charge in [-0.05, 0) is 52.3 Å². The van der Waals surface area contributed by atoms with E-state index in [9.17, 15) is 9.59 Å². The summed E-state index contributed by atoms with van der Waals surface area (Å²) in [5, 5.41) is 2.50. The van der Waals surface area contributed by atoms with E-state index in [0.717, 1.165) is 5.56 Å². The Balaban J connectivity index is 2.02. The van der Waals surface area contributed by atoms with Crippen LogP contribution in [0.25, 0.3) is 0 Å². The molecule has 1 amide bonds. The average molecular weight is 414 g/mol. The van der Waals surface area contributed by atoms with Crippen molar-refractivity contribution in [1.82, 2.24) is 5.32 Å². The minimum Gasteiger partial charge on any atom is -0.486 e. The van der Waals surface area contributed by atoms with E-state index < -0.39 is 35.9 Å². The van der Waals surface area contributed by atoms with Gasteiger partial charge in [0.15, 0.2) is 0 Å². The Labute approximate surface area is 178 Å². The summed E-state index contributed by atoms with van der Waals surface area (Å²) in [6.07, 6.45) is -1.04. The zero-order valence-electron chi connectivity index (χ0n) is 18.3. The predicted molar refractivity (Wildman–Crippen MR) is 115 cm³/mol. The molecule has 2 rings (SSSR count). The number of para-hydroxylation sites is 1. The molecule has 6 nitrogen and oxygen atoms in total. The fourth-order valence-corrected chi connectivity index (χ4v) is 2.73. The standard InChI is InChI=1S/C24H31NO5/c1-17(25-23(27)30-24(3,4)5)22(26)28-18(2)21(16-19-12-8-6-9-13-19)29-20-14-10-7-11-15-20/h6-15,17-18,21H,16H2,1-5H3,(H,25,27)/t17-,18-,21+/m0/s1. The van der Waals surface area contributed by atoms with Crippen molar-refractivity contribution in [2.45, 2.75) is 64.9 Å². The average Bonchev–Trinajstić information content (AvgIpc) is 2.67. The molecule has 3 atom stereocenters. The molecule has 0 saturated heterocycles. The number of hydrogen-bond donors (Lipinski definition) is 1. The highest BCUT2D eigenvalue weighted by atomic mass is 16.6. The van der Waals surface area contributed by atoms with Gasteiger partial charge in [-0.15, -0.1) is 0 Å². The van der Waals surface area contributed by atoms with Gasteiger partial charge in [-0.3, -0.25) is 0 Å². The molecule has 0 unspecified atom stereocenters. The molecule has 6 heteroatoms. The van der Waals surface area contributed by atoms with E-state index in [2.05, 4.69) is 5.32 Å². The molecule has 0 saturated carbocycles. The lowest BCUT2D eigenvalue weighted by Gasteiger charge is -2.27. The van der Waals surface area contributed by atoms with Gasteiger partial charge >= 0.3 is 12.1 Å². The van der Waals surface area contributed by atoms with Crippen molar-refractivity contribution < 1.29 is 23.8 Å². The van der Waals surface area contributed by atoms with Crippen LogP contribution in [0.1, 0.15) is 40.2 Å². The Bertz CT molecular complexity index is 760. The maximum absolute atomic E-state index is 12.5. The number of rotatable bonds is 8. The van der Waals surface area contributed by atoms with E-state index in [1.54, 1.807) is 34.6 Å². The minimum atomic E-state index is -0.851. The van der Waals surface area contributed by atoms with E-state index >= 15 is 0 Å². The lowest BCUT2D eigenvalue weighted by Crippen LogP contribution is -2.45.